The summed E-state index contributed by atoms with van der Waals surface area (Å²) in [5.74, 6) is 0. The summed E-state index contributed by atoms with van der Waals surface area (Å²) in [7, 11) is -3.91. The standard InChI is InChI=1S/C9H10Cl3NO3S/c1-6-2-4-7(5-3-6)17(15,16)13-8(14)9(10,11)12/h2-5,8,13-14H,1H3. The summed E-state index contributed by atoms with van der Waals surface area (Å²) in [5.41, 5.74) is 0.908. The third-order valence-corrected chi connectivity index (χ3v) is 3.95. The van der Waals surface area contributed by atoms with E-state index in [0.717, 1.165) is 5.56 Å². The molecule has 0 aliphatic rings. The number of hydrogen-bond acceptors (Lipinski definition) is 3. The van der Waals surface area contributed by atoms with Crippen molar-refractivity contribution in [1.29, 1.82) is 0 Å². The second-order valence-electron chi connectivity index (χ2n) is 3.38. The second-order valence-corrected chi connectivity index (χ2v) is 7.46. The molecule has 0 spiro atoms. The molecule has 1 unspecified atom stereocenters. The van der Waals surface area contributed by atoms with Crippen molar-refractivity contribution in [2.45, 2.75) is 21.8 Å². The molecule has 1 rings (SSSR count). The van der Waals surface area contributed by atoms with E-state index in [4.69, 9.17) is 34.8 Å². The molecule has 2 N–H and O–H groups in total. The minimum absolute atomic E-state index is 0.0172. The van der Waals surface area contributed by atoms with Crippen LogP contribution >= 0.6 is 34.8 Å². The molecule has 1 atom stereocenters. The fourth-order valence-electron chi connectivity index (χ4n) is 0.999. The SMILES string of the molecule is Cc1ccc(S(=O)(=O)NC(O)C(Cl)(Cl)Cl)cc1. The minimum Gasteiger partial charge on any atom is -0.373 e. The maximum absolute atomic E-state index is 11.8. The average molecular weight is 319 g/mol. The lowest BCUT2D eigenvalue weighted by Gasteiger charge is -2.19. The van der Waals surface area contributed by atoms with Gasteiger partial charge in [0.1, 0.15) is 0 Å². The van der Waals surface area contributed by atoms with Crippen LogP contribution in [-0.2, 0) is 10.0 Å². The molecule has 4 nitrogen and oxygen atoms in total. The highest BCUT2D eigenvalue weighted by molar-refractivity contribution is 7.89. The summed E-state index contributed by atoms with van der Waals surface area (Å²) in [6.45, 7) is 1.82. The summed E-state index contributed by atoms with van der Waals surface area (Å²) in [4.78, 5) is -0.0172. The Morgan fingerprint density at radius 2 is 1.71 bits per heavy atom. The van der Waals surface area contributed by atoms with Gasteiger partial charge in [-0.1, -0.05) is 52.5 Å². The van der Waals surface area contributed by atoms with Gasteiger partial charge in [-0.2, -0.15) is 4.72 Å². The van der Waals surface area contributed by atoms with Crippen LogP contribution in [0.3, 0.4) is 0 Å². The van der Waals surface area contributed by atoms with Crippen LogP contribution in [0.5, 0.6) is 0 Å². The molecule has 0 aromatic heterocycles. The van der Waals surface area contributed by atoms with Crippen LogP contribution in [0.4, 0.5) is 0 Å². The summed E-state index contributed by atoms with van der Waals surface area (Å²) >= 11 is 16.1. The third-order valence-electron chi connectivity index (χ3n) is 1.91. The lowest BCUT2D eigenvalue weighted by atomic mass is 10.2. The van der Waals surface area contributed by atoms with Crippen molar-refractivity contribution in [3.63, 3.8) is 0 Å². The van der Waals surface area contributed by atoms with Crippen molar-refractivity contribution in [2.24, 2.45) is 0 Å². The molecule has 96 valence electrons. The highest BCUT2D eigenvalue weighted by Gasteiger charge is 2.34. The Bertz CT molecular complexity index is 481. The predicted molar refractivity (Wildman–Crippen MR) is 67.8 cm³/mol. The van der Waals surface area contributed by atoms with Gasteiger partial charge in [0, 0.05) is 0 Å². The lowest BCUT2D eigenvalue weighted by molar-refractivity contribution is 0.167. The molecule has 0 aliphatic heterocycles. The van der Waals surface area contributed by atoms with E-state index in [9.17, 15) is 13.5 Å². The first-order valence-electron chi connectivity index (χ1n) is 4.47. The largest absolute Gasteiger partial charge is 0.373 e. The Labute approximate surface area is 115 Å². The Balaban J connectivity index is 2.94. The number of aryl methyl sites for hydroxylation is 1. The van der Waals surface area contributed by atoms with Crippen molar-refractivity contribution in [2.75, 3.05) is 0 Å². The fourth-order valence-corrected chi connectivity index (χ4v) is 2.46. The van der Waals surface area contributed by atoms with E-state index in [-0.39, 0.29) is 4.90 Å². The molecule has 1 aromatic rings. The molecule has 8 heteroatoms. The fraction of sp³-hybridized carbons (Fsp3) is 0.333. The van der Waals surface area contributed by atoms with Gasteiger partial charge in [-0.15, -0.1) is 0 Å². The number of benzene rings is 1. The number of alkyl halides is 3. The predicted octanol–water partition coefficient (Wildman–Crippen LogP) is 1.96. The molecule has 0 fully saturated rings. The van der Waals surface area contributed by atoms with Crippen molar-refractivity contribution in [3.8, 4) is 0 Å². The summed E-state index contributed by atoms with van der Waals surface area (Å²) in [6.07, 6.45) is -1.82. The average Bonchev–Trinajstić information content (AvgIpc) is 2.16. The first kappa shape index (κ1) is 15.0. The van der Waals surface area contributed by atoms with E-state index in [2.05, 4.69) is 0 Å². The number of nitrogens with one attached hydrogen (secondary N) is 1. The molecule has 0 heterocycles. The van der Waals surface area contributed by atoms with Crippen molar-refractivity contribution < 1.29 is 13.5 Å². The number of hydrogen-bond donors (Lipinski definition) is 2. The third kappa shape index (κ3) is 4.28. The first-order valence-corrected chi connectivity index (χ1v) is 7.08. The Hall–Kier alpha value is -0.0400. The molecule has 0 saturated carbocycles. The number of rotatable bonds is 3. The summed E-state index contributed by atoms with van der Waals surface area (Å²) in [6, 6.07) is 6.03. The summed E-state index contributed by atoms with van der Waals surface area (Å²) < 4.78 is 23.2. The number of aliphatic hydroxyl groups excluding tert-OH is 1. The van der Waals surface area contributed by atoms with Crippen LogP contribution in [0.25, 0.3) is 0 Å². The molecular weight excluding hydrogens is 309 g/mol. The van der Waals surface area contributed by atoms with Crippen LogP contribution in [0.2, 0.25) is 0 Å². The zero-order chi connectivity index (χ0) is 13.3. The van der Waals surface area contributed by atoms with Crippen molar-refractivity contribution >= 4 is 44.8 Å². The van der Waals surface area contributed by atoms with Crippen LogP contribution < -0.4 is 4.72 Å². The van der Waals surface area contributed by atoms with Gasteiger partial charge in [-0.3, -0.25) is 0 Å². The Morgan fingerprint density at radius 1 is 1.24 bits per heavy atom. The Kier molecular flexibility index (Phi) is 4.68. The van der Waals surface area contributed by atoms with Gasteiger partial charge >= 0.3 is 0 Å². The van der Waals surface area contributed by atoms with Gasteiger partial charge in [0.25, 0.3) is 0 Å². The summed E-state index contributed by atoms with van der Waals surface area (Å²) in [5, 5.41) is 9.35. The molecule has 0 bridgehead atoms. The van der Waals surface area contributed by atoms with E-state index < -0.39 is 20.0 Å². The first-order chi connectivity index (χ1) is 7.63. The van der Waals surface area contributed by atoms with E-state index in [1.54, 1.807) is 12.1 Å². The van der Waals surface area contributed by atoms with E-state index >= 15 is 0 Å². The monoisotopic (exact) mass is 317 g/mol. The topological polar surface area (TPSA) is 66.4 Å². The quantitative estimate of drug-likeness (QED) is 0.661. The second kappa shape index (κ2) is 5.30. The maximum Gasteiger partial charge on any atom is 0.242 e. The van der Waals surface area contributed by atoms with Crippen LogP contribution in [0, 0.1) is 6.92 Å². The van der Waals surface area contributed by atoms with Gasteiger partial charge in [0.15, 0.2) is 6.23 Å². The van der Waals surface area contributed by atoms with Gasteiger partial charge < -0.3 is 5.11 Å². The highest BCUT2D eigenvalue weighted by Crippen LogP contribution is 2.29. The molecule has 0 saturated heterocycles. The number of aliphatic hydroxyl groups is 1. The normalized spacial score (nSPS) is 14.6. The zero-order valence-corrected chi connectivity index (χ0v) is 11.8. The molecular formula is C9H10Cl3NO3S. The van der Waals surface area contributed by atoms with E-state index in [1.165, 1.54) is 12.1 Å². The molecule has 0 aliphatic carbocycles. The molecule has 0 amide bonds. The van der Waals surface area contributed by atoms with Crippen LogP contribution in [0.1, 0.15) is 5.56 Å². The lowest BCUT2D eigenvalue weighted by Crippen LogP contribution is -2.43. The highest BCUT2D eigenvalue weighted by atomic mass is 35.6. The van der Waals surface area contributed by atoms with Crippen molar-refractivity contribution in [1.82, 2.24) is 4.72 Å². The number of sulfonamides is 1. The van der Waals surface area contributed by atoms with Gasteiger partial charge in [-0.25, -0.2) is 8.42 Å². The minimum atomic E-state index is -3.91. The van der Waals surface area contributed by atoms with Crippen molar-refractivity contribution in [3.05, 3.63) is 29.8 Å². The van der Waals surface area contributed by atoms with Crippen LogP contribution in [0.15, 0.2) is 29.2 Å². The Morgan fingerprint density at radius 3 is 2.12 bits per heavy atom. The molecule has 17 heavy (non-hydrogen) atoms. The van der Waals surface area contributed by atoms with Crippen LogP contribution in [-0.4, -0.2) is 23.5 Å². The maximum atomic E-state index is 11.8. The molecule has 1 aromatic carbocycles. The zero-order valence-electron chi connectivity index (χ0n) is 8.69. The van der Waals surface area contributed by atoms with Gasteiger partial charge in [0.2, 0.25) is 13.8 Å². The smallest absolute Gasteiger partial charge is 0.242 e. The molecule has 0 radical (unpaired) electrons. The number of halogens is 3. The van der Waals surface area contributed by atoms with Gasteiger partial charge in [0.05, 0.1) is 4.90 Å². The van der Waals surface area contributed by atoms with Gasteiger partial charge in [-0.05, 0) is 19.1 Å². The van der Waals surface area contributed by atoms with E-state index in [1.807, 2.05) is 11.6 Å². The van der Waals surface area contributed by atoms with E-state index in [0.29, 0.717) is 0 Å².